The van der Waals surface area contributed by atoms with E-state index in [2.05, 4.69) is 10.3 Å². The Morgan fingerprint density at radius 1 is 1.25 bits per heavy atom. The van der Waals surface area contributed by atoms with E-state index in [9.17, 15) is 4.79 Å². The van der Waals surface area contributed by atoms with Gasteiger partial charge >= 0.3 is 0 Å². The van der Waals surface area contributed by atoms with Gasteiger partial charge in [-0.2, -0.15) is 0 Å². The van der Waals surface area contributed by atoms with Gasteiger partial charge in [-0.25, -0.2) is 0 Å². The van der Waals surface area contributed by atoms with Crippen LogP contribution in [0.2, 0.25) is 0 Å². The van der Waals surface area contributed by atoms with Crippen LogP contribution in [0.15, 0.2) is 36.5 Å². The molecule has 1 aliphatic heterocycles. The predicted molar refractivity (Wildman–Crippen MR) is 92.7 cm³/mol. The number of carbonyl (C=O) groups excluding carboxylic acids is 1. The fraction of sp³-hybridized carbons (Fsp3) is 0.294. The normalized spacial score (nSPS) is 13.6. The summed E-state index contributed by atoms with van der Waals surface area (Å²) in [5.41, 5.74) is 7.74. The molecule has 3 N–H and O–H groups in total. The minimum absolute atomic E-state index is 0. The molecule has 6 nitrogen and oxygen atoms in total. The highest BCUT2D eigenvalue weighted by Crippen LogP contribution is 2.32. The lowest BCUT2D eigenvalue weighted by molar-refractivity contribution is 0.0939. The molecule has 0 spiro atoms. The predicted octanol–water partition coefficient (Wildman–Crippen LogP) is 2.22. The minimum Gasteiger partial charge on any atom is -0.486 e. The van der Waals surface area contributed by atoms with Gasteiger partial charge in [-0.15, -0.1) is 12.4 Å². The average molecular weight is 350 g/mol. The molecule has 0 saturated carbocycles. The van der Waals surface area contributed by atoms with Gasteiger partial charge in [-0.3, -0.25) is 9.78 Å². The lowest BCUT2D eigenvalue weighted by Crippen LogP contribution is -2.27. The number of hydrogen-bond acceptors (Lipinski definition) is 5. The molecule has 0 fully saturated rings. The van der Waals surface area contributed by atoms with Crippen molar-refractivity contribution in [2.75, 3.05) is 13.2 Å². The molecule has 2 aromatic rings. The quantitative estimate of drug-likeness (QED) is 0.883. The van der Waals surface area contributed by atoms with Gasteiger partial charge in [0.2, 0.25) is 0 Å². The maximum atomic E-state index is 12.3. The molecule has 3 rings (SSSR count). The van der Waals surface area contributed by atoms with Gasteiger partial charge in [0.1, 0.15) is 13.2 Å². The number of benzene rings is 1. The lowest BCUT2D eigenvalue weighted by Gasteiger charge is -2.21. The highest BCUT2D eigenvalue weighted by atomic mass is 35.5. The van der Waals surface area contributed by atoms with Crippen LogP contribution in [0.3, 0.4) is 0 Å². The summed E-state index contributed by atoms with van der Waals surface area (Å²) >= 11 is 0. The number of nitrogens with two attached hydrogens (primary N) is 1. The fourth-order valence-corrected chi connectivity index (χ4v) is 2.42. The second-order valence-electron chi connectivity index (χ2n) is 5.34. The first-order valence-corrected chi connectivity index (χ1v) is 7.53. The number of carbonyl (C=O) groups is 1. The molecule has 1 aromatic heterocycles. The van der Waals surface area contributed by atoms with E-state index < -0.39 is 0 Å². The molecule has 2 heterocycles. The fourth-order valence-electron chi connectivity index (χ4n) is 2.42. The molecule has 0 bridgehead atoms. The number of ether oxygens (including phenoxy) is 2. The molecule has 7 heteroatoms. The summed E-state index contributed by atoms with van der Waals surface area (Å²) in [6.07, 6.45) is 1.59. The Labute approximate surface area is 146 Å². The number of rotatable bonds is 4. The molecule has 1 unspecified atom stereocenters. The van der Waals surface area contributed by atoms with Gasteiger partial charge in [0.25, 0.3) is 5.91 Å². The number of nitrogens with zero attached hydrogens (tertiary/aromatic N) is 1. The zero-order valence-electron chi connectivity index (χ0n) is 13.3. The van der Waals surface area contributed by atoms with Crippen molar-refractivity contribution in [2.24, 2.45) is 5.73 Å². The van der Waals surface area contributed by atoms with Crippen molar-refractivity contribution in [1.82, 2.24) is 10.3 Å². The van der Waals surface area contributed by atoms with Crippen molar-refractivity contribution in [3.05, 3.63) is 53.3 Å². The summed E-state index contributed by atoms with van der Waals surface area (Å²) in [6, 6.07) is 8.91. The van der Waals surface area contributed by atoms with Gasteiger partial charge < -0.3 is 20.5 Å². The van der Waals surface area contributed by atoms with E-state index in [0.717, 1.165) is 11.3 Å². The van der Waals surface area contributed by atoms with Crippen molar-refractivity contribution in [3.8, 4) is 11.5 Å². The zero-order chi connectivity index (χ0) is 16.2. The van der Waals surface area contributed by atoms with Crippen LogP contribution in [-0.4, -0.2) is 24.1 Å². The van der Waals surface area contributed by atoms with Crippen LogP contribution in [0.25, 0.3) is 0 Å². The molecule has 0 radical (unpaired) electrons. The first-order valence-electron chi connectivity index (χ1n) is 7.53. The van der Waals surface area contributed by atoms with Crippen LogP contribution < -0.4 is 20.5 Å². The highest BCUT2D eigenvalue weighted by molar-refractivity contribution is 5.94. The van der Waals surface area contributed by atoms with E-state index in [1.54, 1.807) is 18.3 Å². The van der Waals surface area contributed by atoms with Crippen molar-refractivity contribution >= 4 is 18.3 Å². The first-order chi connectivity index (χ1) is 11.2. The number of hydrogen-bond donors (Lipinski definition) is 2. The summed E-state index contributed by atoms with van der Waals surface area (Å²) in [7, 11) is 0. The van der Waals surface area contributed by atoms with Crippen LogP contribution in [0.1, 0.15) is 34.6 Å². The van der Waals surface area contributed by atoms with E-state index in [1.807, 2.05) is 25.1 Å². The van der Waals surface area contributed by atoms with Crippen molar-refractivity contribution in [2.45, 2.75) is 19.5 Å². The third-order valence-electron chi connectivity index (χ3n) is 3.70. The average Bonchev–Trinajstić information content (AvgIpc) is 2.61. The van der Waals surface area contributed by atoms with Gasteiger partial charge in [0.15, 0.2) is 11.5 Å². The van der Waals surface area contributed by atoms with Gasteiger partial charge in [-0.05, 0) is 36.8 Å². The van der Waals surface area contributed by atoms with E-state index >= 15 is 0 Å². The minimum atomic E-state index is -0.163. The van der Waals surface area contributed by atoms with Crippen LogP contribution in [0.5, 0.6) is 11.5 Å². The monoisotopic (exact) mass is 349 g/mol. The first kappa shape index (κ1) is 18.0. The van der Waals surface area contributed by atoms with E-state index in [1.165, 1.54) is 0 Å². The third-order valence-corrected chi connectivity index (χ3v) is 3.70. The van der Waals surface area contributed by atoms with Gasteiger partial charge in [0, 0.05) is 18.3 Å². The summed E-state index contributed by atoms with van der Waals surface area (Å²) in [5, 5.41) is 2.97. The Kier molecular flexibility index (Phi) is 6.00. The molecular formula is C17H20ClN3O3. The lowest BCUT2D eigenvalue weighted by atomic mass is 10.1. The standard InChI is InChI=1S/C17H19N3O3.ClH/c1-11(12-2-3-15-16(9-12)23-7-6-22-15)20-17(21)13-4-5-19-14(8-13)10-18;/h2-5,8-9,11H,6-7,10,18H2,1H3,(H,20,21);1H. The second kappa shape index (κ2) is 7.99. The highest BCUT2D eigenvalue weighted by Gasteiger charge is 2.16. The van der Waals surface area contributed by atoms with Crippen LogP contribution in [0.4, 0.5) is 0 Å². The van der Waals surface area contributed by atoms with Crippen LogP contribution in [-0.2, 0) is 6.54 Å². The SMILES string of the molecule is CC(NC(=O)c1ccnc(CN)c1)c1ccc2c(c1)OCCO2.Cl. The molecule has 1 atom stereocenters. The largest absolute Gasteiger partial charge is 0.486 e. The molecule has 0 aliphatic carbocycles. The van der Waals surface area contributed by atoms with Crippen molar-refractivity contribution in [3.63, 3.8) is 0 Å². The molecule has 24 heavy (non-hydrogen) atoms. The summed E-state index contributed by atoms with van der Waals surface area (Å²) < 4.78 is 11.1. The van der Waals surface area contributed by atoms with Crippen LogP contribution in [0, 0.1) is 0 Å². The van der Waals surface area contributed by atoms with Crippen molar-refractivity contribution in [1.29, 1.82) is 0 Å². The molecule has 1 aliphatic rings. The maximum Gasteiger partial charge on any atom is 0.251 e. The second-order valence-corrected chi connectivity index (χ2v) is 5.34. The Bertz CT molecular complexity index is 724. The summed E-state index contributed by atoms with van der Waals surface area (Å²) in [4.78, 5) is 16.4. The molecule has 0 saturated heterocycles. The molecule has 1 aromatic carbocycles. The number of fused-ring (bicyclic) bond motifs is 1. The molecule has 1 amide bonds. The van der Waals surface area contributed by atoms with Gasteiger partial charge in [-0.1, -0.05) is 6.07 Å². The zero-order valence-corrected chi connectivity index (χ0v) is 14.1. The van der Waals surface area contributed by atoms with E-state index in [0.29, 0.717) is 36.8 Å². The van der Waals surface area contributed by atoms with E-state index in [4.69, 9.17) is 15.2 Å². The number of amides is 1. The Morgan fingerprint density at radius 3 is 2.75 bits per heavy atom. The summed E-state index contributed by atoms with van der Waals surface area (Å²) in [6.45, 7) is 3.33. The number of nitrogens with one attached hydrogen (secondary N) is 1. The third kappa shape index (κ3) is 3.96. The topological polar surface area (TPSA) is 86.5 Å². The Hall–Kier alpha value is -2.31. The summed E-state index contributed by atoms with van der Waals surface area (Å²) in [5.74, 6) is 1.29. The molecular weight excluding hydrogens is 330 g/mol. The van der Waals surface area contributed by atoms with Crippen molar-refractivity contribution < 1.29 is 14.3 Å². The van der Waals surface area contributed by atoms with Crippen LogP contribution >= 0.6 is 12.4 Å². The number of pyridine rings is 1. The Balaban J connectivity index is 0.00000208. The maximum absolute atomic E-state index is 12.3. The van der Waals surface area contributed by atoms with Gasteiger partial charge in [0.05, 0.1) is 11.7 Å². The number of halogens is 1. The van der Waals surface area contributed by atoms with E-state index in [-0.39, 0.29) is 24.4 Å². The number of aromatic nitrogens is 1. The molecule has 128 valence electrons. The Morgan fingerprint density at radius 2 is 2.00 bits per heavy atom. The smallest absolute Gasteiger partial charge is 0.251 e.